The maximum Gasteiger partial charge on any atom is 0.0972 e. The second kappa shape index (κ2) is 11.8. The largest absolute Gasteiger partial charge is 0.344 e. The Morgan fingerprint density at radius 1 is 1.00 bits per heavy atom. The number of aryl methyl sites for hydroxylation is 1. The summed E-state index contributed by atoms with van der Waals surface area (Å²) in [5.74, 6) is 0.929. The fourth-order valence-corrected chi connectivity index (χ4v) is 0.902. The fourth-order valence-electron chi connectivity index (χ4n) is 0.902. The highest BCUT2D eigenvalue weighted by atomic mass is 15.0. The molecule has 0 saturated heterocycles. The van der Waals surface area contributed by atoms with E-state index in [1.54, 1.807) is 7.05 Å². The third kappa shape index (κ3) is 8.04. The molecule has 2 heteroatoms. The summed E-state index contributed by atoms with van der Waals surface area (Å²) in [6, 6.07) is 8.24. The molecule has 0 atom stereocenters. The summed E-state index contributed by atoms with van der Waals surface area (Å²) in [5, 5.41) is 3.17. The van der Waals surface area contributed by atoms with Crippen molar-refractivity contribution in [1.29, 1.82) is 0 Å². The summed E-state index contributed by atoms with van der Waals surface area (Å²) >= 11 is 0. The summed E-state index contributed by atoms with van der Waals surface area (Å²) in [7, 11) is 1.77. The molecule has 16 heavy (non-hydrogen) atoms. The summed E-state index contributed by atoms with van der Waals surface area (Å²) in [5.41, 5.74) is 2.36. The van der Waals surface area contributed by atoms with E-state index in [0.717, 1.165) is 11.5 Å². The first-order valence-corrected chi connectivity index (χ1v) is 5.99. The lowest BCUT2D eigenvalue weighted by molar-refractivity contribution is 1.39. The van der Waals surface area contributed by atoms with E-state index in [9.17, 15) is 0 Å². The number of hydrogen-bond acceptors (Lipinski definition) is 1. The Morgan fingerprint density at radius 3 is 1.81 bits per heavy atom. The number of hydrogen-bond donors (Lipinski definition) is 1. The predicted octanol–water partition coefficient (Wildman–Crippen LogP) is 4.51. The summed E-state index contributed by atoms with van der Waals surface area (Å²) in [4.78, 5) is 4.01. The Bertz CT molecular complexity index is 273. The van der Waals surface area contributed by atoms with Gasteiger partial charge in [-0.2, -0.15) is 0 Å². The minimum Gasteiger partial charge on any atom is -0.344 e. The Morgan fingerprint density at radius 2 is 1.44 bits per heavy atom. The molecule has 1 N–H and O–H groups in total. The van der Waals surface area contributed by atoms with Crippen LogP contribution in [0, 0.1) is 6.92 Å². The second-order valence-corrected chi connectivity index (χ2v) is 2.80. The molecule has 92 valence electrons. The molecule has 1 aromatic rings. The molecule has 1 rings (SSSR count). The van der Waals surface area contributed by atoms with Crippen LogP contribution in [0.2, 0.25) is 0 Å². The first-order chi connectivity index (χ1) is 7.72. The van der Waals surface area contributed by atoms with Crippen LogP contribution >= 0.6 is 0 Å². The van der Waals surface area contributed by atoms with Crippen LogP contribution in [-0.4, -0.2) is 12.9 Å². The lowest BCUT2D eigenvalue weighted by atomic mass is 10.2. The molecule has 0 aliphatic heterocycles. The van der Waals surface area contributed by atoms with Crippen LogP contribution in [0.5, 0.6) is 0 Å². The molecule has 0 saturated carbocycles. The molecule has 0 heterocycles. The van der Waals surface area contributed by atoms with E-state index in [1.165, 1.54) is 5.56 Å². The van der Waals surface area contributed by atoms with Gasteiger partial charge < -0.3 is 5.32 Å². The molecule has 0 unspecified atom stereocenters. The van der Waals surface area contributed by atoms with Crippen LogP contribution in [0.3, 0.4) is 0 Å². The van der Waals surface area contributed by atoms with Gasteiger partial charge in [-0.25, -0.2) is 0 Å². The minimum atomic E-state index is 0.929. The normalized spacial score (nSPS) is 9.31. The Kier molecular flexibility index (Phi) is 12.6. The number of benzene rings is 1. The molecular weight excluding hydrogens is 196 g/mol. The average Bonchev–Trinajstić information content (AvgIpc) is 2.37. The van der Waals surface area contributed by atoms with E-state index in [1.807, 2.05) is 46.8 Å². The SMILES string of the molecule is CC.CC.CN=C(C)Nc1ccc(C)cc1. The molecule has 0 aromatic heterocycles. The number of amidine groups is 1. The number of nitrogens with zero attached hydrogens (tertiary/aromatic N) is 1. The first-order valence-electron chi connectivity index (χ1n) is 5.99. The summed E-state index contributed by atoms with van der Waals surface area (Å²) in [6.07, 6.45) is 0. The molecule has 0 amide bonds. The standard InChI is InChI=1S/C10H14N2.2C2H6/c1-8-4-6-10(7-5-8)12-9(2)11-3;2*1-2/h4-7H,1-3H3,(H,11,12);2*1-2H3. The van der Waals surface area contributed by atoms with E-state index in [2.05, 4.69) is 29.4 Å². The van der Waals surface area contributed by atoms with Crippen molar-refractivity contribution in [2.75, 3.05) is 12.4 Å². The van der Waals surface area contributed by atoms with Gasteiger partial charge in [-0.15, -0.1) is 0 Å². The van der Waals surface area contributed by atoms with Gasteiger partial charge in [0.25, 0.3) is 0 Å². The summed E-state index contributed by atoms with van der Waals surface area (Å²) < 4.78 is 0. The zero-order valence-corrected chi connectivity index (χ0v) is 11.8. The van der Waals surface area contributed by atoms with Crippen molar-refractivity contribution in [3.63, 3.8) is 0 Å². The van der Waals surface area contributed by atoms with E-state index < -0.39 is 0 Å². The van der Waals surface area contributed by atoms with Crippen molar-refractivity contribution >= 4 is 11.5 Å². The predicted molar refractivity (Wildman–Crippen MR) is 76.5 cm³/mol. The van der Waals surface area contributed by atoms with Gasteiger partial charge >= 0.3 is 0 Å². The van der Waals surface area contributed by atoms with Crippen molar-refractivity contribution in [2.45, 2.75) is 41.5 Å². The van der Waals surface area contributed by atoms with Gasteiger partial charge in [0, 0.05) is 12.7 Å². The highest BCUT2D eigenvalue weighted by Gasteiger charge is 1.91. The molecule has 0 spiro atoms. The van der Waals surface area contributed by atoms with Gasteiger partial charge in [0.05, 0.1) is 5.84 Å². The molecule has 0 fully saturated rings. The molecule has 0 bridgehead atoms. The van der Waals surface area contributed by atoms with Gasteiger partial charge in [0.2, 0.25) is 0 Å². The number of nitrogens with one attached hydrogen (secondary N) is 1. The smallest absolute Gasteiger partial charge is 0.0972 e. The van der Waals surface area contributed by atoms with Crippen LogP contribution in [-0.2, 0) is 0 Å². The lowest BCUT2D eigenvalue weighted by Gasteiger charge is -2.04. The van der Waals surface area contributed by atoms with Gasteiger partial charge in [-0.1, -0.05) is 45.4 Å². The molecule has 1 aromatic carbocycles. The van der Waals surface area contributed by atoms with Gasteiger partial charge in [-0.05, 0) is 26.0 Å². The van der Waals surface area contributed by atoms with Crippen LogP contribution in [0.15, 0.2) is 29.3 Å². The van der Waals surface area contributed by atoms with Crippen molar-refractivity contribution in [2.24, 2.45) is 4.99 Å². The zero-order valence-electron chi connectivity index (χ0n) is 11.8. The van der Waals surface area contributed by atoms with Gasteiger partial charge in [0.15, 0.2) is 0 Å². The van der Waals surface area contributed by atoms with E-state index in [-0.39, 0.29) is 0 Å². The van der Waals surface area contributed by atoms with Crippen molar-refractivity contribution in [3.05, 3.63) is 29.8 Å². The van der Waals surface area contributed by atoms with Gasteiger partial charge in [0.1, 0.15) is 0 Å². The topological polar surface area (TPSA) is 24.4 Å². The van der Waals surface area contributed by atoms with Crippen LogP contribution < -0.4 is 5.32 Å². The van der Waals surface area contributed by atoms with E-state index in [4.69, 9.17) is 0 Å². The van der Waals surface area contributed by atoms with Crippen LogP contribution in [0.25, 0.3) is 0 Å². The molecular formula is C14H26N2. The monoisotopic (exact) mass is 222 g/mol. The number of aliphatic imine (C=N–C) groups is 1. The summed E-state index contributed by atoms with van der Waals surface area (Å²) in [6.45, 7) is 12.0. The van der Waals surface area contributed by atoms with Crippen molar-refractivity contribution < 1.29 is 0 Å². The number of rotatable bonds is 1. The molecule has 2 nitrogen and oxygen atoms in total. The highest BCUT2D eigenvalue weighted by Crippen LogP contribution is 2.08. The molecule has 0 aliphatic carbocycles. The third-order valence-corrected chi connectivity index (χ3v) is 1.71. The minimum absolute atomic E-state index is 0.929. The maximum atomic E-state index is 4.01. The lowest BCUT2D eigenvalue weighted by Crippen LogP contribution is -2.06. The average molecular weight is 222 g/mol. The van der Waals surface area contributed by atoms with Gasteiger partial charge in [-0.3, -0.25) is 4.99 Å². The van der Waals surface area contributed by atoms with Crippen molar-refractivity contribution in [3.8, 4) is 0 Å². The Hall–Kier alpha value is -1.31. The maximum absolute atomic E-state index is 4.01. The zero-order chi connectivity index (χ0) is 13.0. The third-order valence-electron chi connectivity index (χ3n) is 1.71. The molecule has 0 radical (unpaired) electrons. The van der Waals surface area contributed by atoms with Crippen LogP contribution in [0.1, 0.15) is 40.2 Å². The quantitative estimate of drug-likeness (QED) is 0.549. The second-order valence-electron chi connectivity index (χ2n) is 2.80. The molecule has 0 aliphatic rings. The fraction of sp³-hybridized carbons (Fsp3) is 0.500. The Labute approximate surface area is 101 Å². The van der Waals surface area contributed by atoms with E-state index >= 15 is 0 Å². The highest BCUT2D eigenvalue weighted by molar-refractivity contribution is 5.93. The Balaban J connectivity index is 0. The van der Waals surface area contributed by atoms with Crippen molar-refractivity contribution in [1.82, 2.24) is 0 Å². The number of anilines is 1. The first kappa shape index (κ1) is 17.1. The van der Waals surface area contributed by atoms with Crippen LogP contribution in [0.4, 0.5) is 5.69 Å². The van der Waals surface area contributed by atoms with E-state index in [0.29, 0.717) is 0 Å².